The van der Waals surface area contributed by atoms with E-state index >= 15 is 0 Å². The fraction of sp³-hybridized carbons (Fsp3) is 1.00. The predicted octanol–water partition coefficient (Wildman–Crippen LogP) is 8.56. The van der Waals surface area contributed by atoms with E-state index in [9.17, 15) is 10.2 Å². The summed E-state index contributed by atoms with van der Waals surface area (Å²) in [6, 6.07) is 2.04. The van der Waals surface area contributed by atoms with Crippen LogP contribution in [0.25, 0.3) is 0 Å². The zero-order chi connectivity index (χ0) is 30.1. The first-order valence-corrected chi connectivity index (χ1v) is 27.8. The van der Waals surface area contributed by atoms with Crippen molar-refractivity contribution in [2.24, 2.45) is 5.41 Å². The standard InChI is InChI=1S/C29H68O6Si4/c1-11-13-14-15-16-17-18-19-20-21-25-39(10,35-38(8,9)33-36(3,4)5)34-37(6,7)24-22-23-32-28-29(12-2,26-30)27-31/h30-31H,11-28H2,1-10H3. The van der Waals surface area contributed by atoms with Gasteiger partial charge in [0.2, 0.25) is 0 Å². The van der Waals surface area contributed by atoms with Gasteiger partial charge in [-0.3, -0.25) is 0 Å². The molecule has 6 nitrogen and oxygen atoms in total. The number of hydrogen-bond acceptors (Lipinski definition) is 6. The van der Waals surface area contributed by atoms with Gasteiger partial charge in [-0.15, -0.1) is 0 Å². The van der Waals surface area contributed by atoms with Crippen molar-refractivity contribution < 1.29 is 27.3 Å². The zero-order valence-corrected chi connectivity index (χ0v) is 31.8. The molecule has 2 N–H and O–H groups in total. The van der Waals surface area contributed by atoms with Crippen LogP contribution in [0.1, 0.15) is 90.9 Å². The first kappa shape index (κ1) is 39.6. The number of rotatable bonds is 26. The lowest BCUT2D eigenvalue weighted by atomic mass is 9.88. The maximum absolute atomic E-state index is 9.66. The molecule has 0 aliphatic rings. The third-order valence-electron chi connectivity index (χ3n) is 7.39. The number of ether oxygens (including phenoxy) is 1. The second-order valence-electron chi connectivity index (χ2n) is 14.0. The molecule has 0 aliphatic carbocycles. The summed E-state index contributed by atoms with van der Waals surface area (Å²) in [4.78, 5) is 0. The highest BCUT2D eigenvalue weighted by Gasteiger charge is 2.45. The smallest absolute Gasteiger partial charge is 0.315 e. The molecule has 0 spiro atoms. The molecule has 0 saturated heterocycles. The minimum absolute atomic E-state index is 0.0528. The van der Waals surface area contributed by atoms with Crippen LogP contribution >= 0.6 is 0 Å². The van der Waals surface area contributed by atoms with Crippen molar-refractivity contribution >= 4 is 33.8 Å². The van der Waals surface area contributed by atoms with E-state index in [2.05, 4.69) is 59.3 Å². The lowest BCUT2D eigenvalue weighted by Gasteiger charge is -2.42. The number of aliphatic hydroxyl groups is 2. The topological polar surface area (TPSA) is 77.4 Å². The lowest BCUT2D eigenvalue weighted by molar-refractivity contribution is -0.0297. The highest BCUT2D eigenvalue weighted by Crippen LogP contribution is 2.30. The van der Waals surface area contributed by atoms with Crippen LogP contribution < -0.4 is 0 Å². The first-order valence-electron chi connectivity index (χ1n) is 16.0. The largest absolute Gasteiger partial charge is 0.437 e. The molecule has 10 heteroatoms. The maximum Gasteiger partial charge on any atom is 0.315 e. The van der Waals surface area contributed by atoms with Gasteiger partial charge in [-0.2, -0.15) is 0 Å². The Balaban J connectivity index is 4.92. The molecule has 0 saturated carbocycles. The summed E-state index contributed by atoms with van der Waals surface area (Å²) in [5.41, 5.74) is -0.537. The Morgan fingerprint density at radius 3 is 1.56 bits per heavy atom. The van der Waals surface area contributed by atoms with Crippen LogP contribution in [0, 0.1) is 5.41 Å². The van der Waals surface area contributed by atoms with Gasteiger partial charge in [-0.25, -0.2) is 0 Å². The third-order valence-corrected chi connectivity index (χ3v) is 22.3. The molecule has 0 aromatic rings. The average molecular weight is 625 g/mol. The van der Waals surface area contributed by atoms with Crippen LogP contribution in [0.5, 0.6) is 0 Å². The van der Waals surface area contributed by atoms with Crippen molar-refractivity contribution in [3.05, 3.63) is 0 Å². The summed E-state index contributed by atoms with van der Waals surface area (Å²) in [6.45, 7) is 23.2. The molecule has 236 valence electrons. The molecule has 0 rings (SSSR count). The Bertz CT molecular complexity index is 603. The lowest BCUT2D eigenvalue weighted by Crippen LogP contribution is -2.57. The second-order valence-corrected chi connectivity index (χ2v) is 30.2. The molecule has 0 bridgehead atoms. The zero-order valence-electron chi connectivity index (χ0n) is 27.8. The molecule has 1 unspecified atom stereocenters. The fourth-order valence-electron chi connectivity index (χ4n) is 5.33. The highest BCUT2D eigenvalue weighted by molar-refractivity contribution is 6.89. The molecular weight excluding hydrogens is 557 g/mol. The summed E-state index contributed by atoms with van der Waals surface area (Å²) in [7, 11) is -8.40. The second kappa shape index (κ2) is 19.7. The van der Waals surface area contributed by atoms with Crippen LogP contribution in [0.15, 0.2) is 0 Å². The van der Waals surface area contributed by atoms with E-state index in [1.165, 1.54) is 64.2 Å². The quantitative estimate of drug-likeness (QED) is 0.0742. The summed E-state index contributed by atoms with van der Waals surface area (Å²) in [5, 5.41) is 19.3. The van der Waals surface area contributed by atoms with Crippen molar-refractivity contribution in [1.29, 1.82) is 0 Å². The Hall–Kier alpha value is 0.628. The minimum atomic E-state index is -2.41. The SMILES string of the molecule is CCCCCCCCCCCC[Si](C)(O[Si](C)(C)CCCOCC(CC)(CO)CO)O[Si](C)(C)O[Si](C)(C)C. The van der Waals surface area contributed by atoms with Crippen molar-refractivity contribution in [1.82, 2.24) is 0 Å². The Morgan fingerprint density at radius 1 is 0.590 bits per heavy atom. The van der Waals surface area contributed by atoms with Crippen LogP contribution in [-0.4, -0.2) is 70.4 Å². The van der Waals surface area contributed by atoms with E-state index in [0.29, 0.717) is 19.6 Å². The van der Waals surface area contributed by atoms with Gasteiger partial charge in [-0.1, -0.05) is 78.1 Å². The van der Waals surface area contributed by atoms with Crippen molar-refractivity contribution in [2.45, 2.75) is 155 Å². The Kier molecular flexibility index (Phi) is 20.1. The molecule has 0 aromatic heterocycles. The molecule has 0 radical (unpaired) electrons. The third kappa shape index (κ3) is 20.2. The van der Waals surface area contributed by atoms with Crippen LogP contribution in [0.4, 0.5) is 0 Å². The minimum Gasteiger partial charge on any atom is -0.437 e. The molecule has 0 fully saturated rings. The van der Waals surface area contributed by atoms with E-state index in [4.69, 9.17) is 17.1 Å². The van der Waals surface area contributed by atoms with Gasteiger partial charge in [0.1, 0.15) is 0 Å². The van der Waals surface area contributed by atoms with E-state index in [1.807, 2.05) is 6.92 Å². The molecule has 1 atom stereocenters. The van der Waals surface area contributed by atoms with Gasteiger partial charge in [0, 0.05) is 12.0 Å². The van der Waals surface area contributed by atoms with Gasteiger partial charge in [0.25, 0.3) is 0 Å². The Labute approximate surface area is 247 Å². The molecule has 0 amide bonds. The molecule has 0 heterocycles. The number of aliphatic hydroxyl groups excluding tert-OH is 2. The summed E-state index contributed by atoms with van der Waals surface area (Å²) >= 11 is 0. The van der Waals surface area contributed by atoms with Crippen molar-refractivity contribution in [3.8, 4) is 0 Å². The van der Waals surface area contributed by atoms with E-state index in [0.717, 1.165) is 18.5 Å². The first-order chi connectivity index (χ1) is 18.1. The average Bonchev–Trinajstić information content (AvgIpc) is 2.80. The van der Waals surface area contributed by atoms with Gasteiger partial charge < -0.3 is 27.3 Å². The monoisotopic (exact) mass is 624 g/mol. The maximum atomic E-state index is 9.66. The highest BCUT2D eigenvalue weighted by atomic mass is 28.5. The molecular formula is C29H68O6Si4. The van der Waals surface area contributed by atoms with Crippen molar-refractivity contribution in [3.63, 3.8) is 0 Å². The normalized spacial score (nSPS) is 15.1. The van der Waals surface area contributed by atoms with E-state index in [1.54, 1.807) is 0 Å². The van der Waals surface area contributed by atoms with E-state index in [-0.39, 0.29) is 13.2 Å². The van der Waals surface area contributed by atoms with Gasteiger partial charge in [0.05, 0.1) is 19.8 Å². The summed E-state index contributed by atoms with van der Waals surface area (Å²) < 4.78 is 26.5. The predicted molar refractivity (Wildman–Crippen MR) is 177 cm³/mol. The molecule has 39 heavy (non-hydrogen) atoms. The van der Waals surface area contributed by atoms with Crippen LogP contribution in [0.3, 0.4) is 0 Å². The molecule has 0 aromatic carbocycles. The fourth-order valence-corrected chi connectivity index (χ4v) is 24.3. The number of hydrogen-bond donors (Lipinski definition) is 2. The number of unbranched alkanes of at least 4 members (excludes halogenated alkanes) is 9. The molecule has 0 aliphatic heterocycles. The summed E-state index contributed by atoms with van der Waals surface area (Å²) in [6.07, 6.45) is 14.9. The van der Waals surface area contributed by atoms with Crippen molar-refractivity contribution in [2.75, 3.05) is 26.4 Å². The van der Waals surface area contributed by atoms with Gasteiger partial charge in [0.15, 0.2) is 16.6 Å². The van der Waals surface area contributed by atoms with E-state index < -0.39 is 39.2 Å². The van der Waals surface area contributed by atoms with Gasteiger partial charge in [-0.05, 0) is 77.3 Å². The summed E-state index contributed by atoms with van der Waals surface area (Å²) in [5.74, 6) is 0. The van der Waals surface area contributed by atoms with Crippen LogP contribution in [-0.2, 0) is 17.1 Å². The Morgan fingerprint density at radius 2 is 1.10 bits per heavy atom. The van der Waals surface area contributed by atoms with Crippen LogP contribution in [0.2, 0.25) is 64.5 Å². The van der Waals surface area contributed by atoms with Gasteiger partial charge >= 0.3 is 17.1 Å².